The van der Waals surface area contributed by atoms with Crippen molar-refractivity contribution in [2.24, 2.45) is 0 Å². The van der Waals surface area contributed by atoms with Crippen LogP contribution < -0.4 is 5.43 Å². The minimum Gasteiger partial charge on any atom is -0.395 e. The van der Waals surface area contributed by atoms with Crippen molar-refractivity contribution in [1.82, 2.24) is 10.4 Å². The van der Waals surface area contributed by atoms with Crippen LogP contribution in [0.25, 0.3) is 0 Å². The van der Waals surface area contributed by atoms with Gasteiger partial charge in [0.15, 0.2) is 0 Å². The first-order valence-electron chi connectivity index (χ1n) is 3.44. The molecular weight excluding hydrogens is 116 g/mol. The molecule has 0 rings (SSSR count). The van der Waals surface area contributed by atoms with Gasteiger partial charge in [0.1, 0.15) is 0 Å². The van der Waals surface area contributed by atoms with Crippen molar-refractivity contribution in [2.75, 3.05) is 26.2 Å². The second kappa shape index (κ2) is 6.01. The van der Waals surface area contributed by atoms with Crippen molar-refractivity contribution < 1.29 is 5.11 Å². The van der Waals surface area contributed by atoms with Crippen molar-refractivity contribution in [1.29, 1.82) is 0 Å². The van der Waals surface area contributed by atoms with Gasteiger partial charge in [0.25, 0.3) is 0 Å². The molecule has 0 spiro atoms. The molecule has 2 N–H and O–H groups in total. The normalized spacial score (nSPS) is 10.7. The Morgan fingerprint density at radius 2 is 1.89 bits per heavy atom. The lowest BCUT2D eigenvalue weighted by atomic mass is 10.6. The molecule has 0 saturated carbocycles. The van der Waals surface area contributed by atoms with E-state index in [9.17, 15) is 0 Å². The number of hydrogen-bond acceptors (Lipinski definition) is 3. The molecule has 0 fully saturated rings. The summed E-state index contributed by atoms with van der Waals surface area (Å²) >= 11 is 0. The zero-order valence-corrected chi connectivity index (χ0v) is 6.22. The quantitative estimate of drug-likeness (QED) is 0.510. The van der Waals surface area contributed by atoms with Crippen LogP contribution in [0.15, 0.2) is 0 Å². The Bertz CT molecular complexity index is 55.0. The molecule has 0 aliphatic rings. The van der Waals surface area contributed by atoms with E-state index in [0.717, 1.165) is 13.1 Å². The maximum absolute atomic E-state index is 8.42. The first-order chi connectivity index (χ1) is 4.35. The van der Waals surface area contributed by atoms with Gasteiger partial charge >= 0.3 is 0 Å². The number of aliphatic hydroxyl groups excluding tert-OH is 1. The van der Waals surface area contributed by atoms with E-state index in [-0.39, 0.29) is 6.61 Å². The molecular formula is C6H16N2O. The van der Waals surface area contributed by atoms with E-state index >= 15 is 0 Å². The highest BCUT2D eigenvalue weighted by Gasteiger charge is 1.93. The summed E-state index contributed by atoms with van der Waals surface area (Å²) in [6, 6.07) is 0. The molecule has 0 unspecified atom stereocenters. The van der Waals surface area contributed by atoms with Crippen molar-refractivity contribution in [3.8, 4) is 0 Å². The van der Waals surface area contributed by atoms with Gasteiger partial charge in [-0.2, -0.15) is 0 Å². The predicted octanol–water partition coefficient (Wildman–Crippen LogP) is -0.175. The number of hydrazine groups is 1. The third kappa shape index (κ3) is 4.39. The van der Waals surface area contributed by atoms with Crippen LogP contribution in [-0.2, 0) is 0 Å². The third-order valence-electron chi connectivity index (χ3n) is 1.21. The van der Waals surface area contributed by atoms with Crippen LogP contribution in [0.5, 0.6) is 0 Å². The van der Waals surface area contributed by atoms with Gasteiger partial charge in [0.2, 0.25) is 0 Å². The number of nitrogens with zero attached hydrogens (tertiary/aromatic N) is 1. The van der Waals surface area contributed by atoms with Gasteiger partial charge in [-0.15, -0.1) is 0 Å². The molecule has 0 aromatic rings. The average molecular weight is 132 g/mol. The summed E-state index contributed by atoms with van der Waals surface area (Å²) in [5, 5.41) is 10.5. The lowest BCUT2D eigenvalue weighted by Crippen LogP contribution is -2.39. The maximum Gasteiger partial charge on any atom is 0.0570 e. The molecule has 0 aromatic heterocycles. The van der Waals surface area contributed by atoms with Gasteiger partial charge in [-0.05, 0) is 0 Å². The van der Waals surface area contributed by atoms with Crippen molar-refractivity contribution in [2.45, 2.75) is 13.8 Å². The molecule has 56 valence electrons. The van der Waals surface area contributed by atoms with Crippen LogP contribution >= 0.6 is 0 Å². The molecule has 0 amide bonds. The maximum atomic E-state index is 8.42. The SMILES string of the molecule is CCN(CC)NCCO. The second-order valence-corrected chi connectivity index (χ2v) is 1.80. The van der Waals surface area contributed by atoms with E-state index in [0.29, 0.717) is 6.54 Å². The molecule has 0 bridgehead atoms. The van der Waals surface area contributed by atoms with Crippen molar-refractivity contribution in [3.05, 3.63) is 0 Å². The van der Waals surface area contributed by atoms with Crippen LogP contribution in [-0.4, -0.2) is 36.4 Å². The summed E-state index contributed by atoms with van der Waals surface area (Å²) in [5.41, 5.74) is 3.05. The van der Waals surface area contributed by atoms with E-state index in [1.807, 2.05) is 0 Å². The Morgan fingerprint density at radius 1 is 1.33 bits per heavy atom. The molecule has 9 heavy (non-hydrogen) atoms. The fourth-order valence-electron chi connectivity index (χ4n) is 0.655. The summed E-state index contributed by atoms with van der Waals surface area (Å²) < 4.78 is 0. The highest BCUT2D eigenvalue weighted by Crippen LogP contribution is 1.76. The third-order valence-corrected chi connectivity index (χ3v) is 1.21. The van der Waals surface area contributed by atoms with Crippen molar-refractivity contribution >= 4 is 0 Å². The van der Waals surface area contributed by atoms with Crippen molar-refractivity contribution in [3.63, 3.8) is 0 Å². The molecule has 0 radical (unpaired) electrons. The summed E-state index contributed by atoms with van der Waals surface area (Å²) in [6.45, 7) is 6.98. The highest BCUT2D eigenvalue weighted by atomic mass is 16.3. The molecule has 0 saturated heterocycles. The lowest BCUT2D eigenvalue weighted by Gasteiger charge is -2.18. The minimum absolute atomic E-state index is 0.205. The topological polar surface area (TPSA) is 35.5 Å². The predicted molar refractivity (Wildman–Crippen MR) is 38.0 cm³/mol. The summed E-state index contributed by atoms with van der Waals surface area (Å²) in [7, 11) is 0. The van der Waals surface area contributed by atoms with Gasteiger partial charge in [-0.3, -0.25) is 5.43 Å². The molecule has 0 aliphatic heterocycles. The number of rotatable bonds is 5. The van der Waals surface area contributed by atoms with E-state index in [1.54, 1.807) is 0 Å². The first kappa shape index (κ1) is 8.88. The van der Waals surface area contributed by atoms with Crippen LogP contribution in [0, 0.1) is 0 Å². The summed E-state index contributed by atoms with van der Waals surface area (Å²) in [4.78, 5) is 0. The fourth-order valence-corrected chi connectivity index (χ4v) is 0.655. The standard InChI is InChI=1S/C6H16N2O/c1-3-8(4-2)7-5-6-9/h7,9H,3-6H2,1-2H3. The van der Waals surface area contributed by atoms with Gasteiger partial charge < -0.3 is 5.11 Å². The smallest absolute Gasteiger partial charge is 0.0570 e. The Kier molecular flexibility index (Phi) is 5.93. The van der Waals surface area contributed by atoms with E-state index in [2.05, 4.69) is 24.3 Å². The second-order valence-electron chi connectivity index (χ2n) is 1.80. The zero-order chi connectivity index (χ0) is 7.11. The summed E-state index contributed by atoms with van der Waals surface area (Å²) in [5.74, 6) is 0. The monoisotopic (exact) mass is 132 g/mol. The van der Waals surface area contributed by atoms with Crippen LogP contribution in [0.1, 0.15) is 13.8 Å². The Balaban J connectivity index is 3.09. The van der Waals surface area contributed by atoms with Crippen LogP contribution in [0.2, 0.25) is 0 Å². The first-order valence-corrected chi connectivity index (χ1v) is 3.44. The summed E-state index contributed by atoms with van der Waals surface area (Å²) in [6.07, 6.45) is 0. The molecule has 0 aromatic carbocycles. The molecule has 3 heteroatoms. The molecule has 0 heterocycles. The fraction of sp³-hybridized carbons (Fsp3) is 1.00. The van der Waals surface area contributed by atoms with Gasteiger partial charge in [0.05, 0.1) is 6.61 Å². The average Bonchev–Trinajstić information content (AvgIpc) is 1.91. The lowest BCUT2D eigenvalue weighted by molar-refractivity contribution is 0.178. The van der Waals surface area contributed by atoms with E-state index in [4.69, 9.17) is 5.11 Å². The minimum atomic E-state index is 0.205. The molecule has 3 nitrogen and oxygen atoms in total. The highest BCUT2D eigenvalue weighted by molar-refractivity contribution is 4.43. The Hall–Kier alpha value is -0.120. The van der Waals surface area contributed by atoms with Crippen LogP contribution in [0.4, 0.5) is 0 Å². The molecule has 0 aliphatic carbocycles. The van der Waals surface area contributed by atoms with Gasteiger partial charge in [-0.1, -0.05) is 13.8 Å². The number of hydrogen-bond donors (Lipinski definition) is 2. The Morgan fingerprint density at radius 3 is 2.22 bits per heavy atom. The largest absolute Gasteiger partial charge is 0.395 e. The van der Waals surface area contributed by atoms with E-state index in [1.165, 1.54) is 0 Å². The van der Waals surface area contributed by atoms with Gasteiger partial charge in [0, 0.05) is 19.6 Å². The number of aliphatic hydroxyl groups is 1. The molecule has 0 atom stereocenters. The van der Waals surface area contributed by atoms with Gasteiger partial charge in [-0.25, -0.2) is 5.01 Å². The van der Waals surface area contributed by atoms with E-state index < -0.39 is 0 Å². The number of nitrogens with one attached hydrogen (secondary N) is 1. The zero-order valence-electron chi connectivity index (χ0n) is 6.22. The Labute approximate surface area is 56.6 Å². The van der Waals surface area contributed by atoms with Crippen LogP contribution in [0.3, 0.4) is 0 Å².